The van der Waals surface area contributed by atoms with Crippen LogP contribution in [0.25, 0.3) is 11.0 Å². The maximum atomic E-state index is 11.6. The van der Waals surface area contributed by atoms with Crippen molar-refractivity contribution in [3.05, 3.63) is 17.2 Å². The molecule has 4 N–H and O–H groups in total. The molecule has 0 unspecified atom stereocenters. The van der Waals surface area contributed by atoms with Crippen LogP contribution in [0.15, 0.2) is 12.1 Å². The van der Waals surface area contributed by atoms with Crippen molar-refractivity contribution in [1.82, 2.24) is 9.97 Å². The van der Waals surface area contributed by atoms with E-state index in [0.717, 1.165) is 6.54 Å². The predicted octanol–water partition coefficient (Wildman–Crippen LogP) is 2.47. The van der Waals surface area contributed by atoms with E-state index < -0.39 is 0 Å². The van der Waals surface area contributed by atoms with E-state index in [0.29, 0.717) is 39.9 Å². The number of nitrogens with zero attached hydrogens (tertiary/aromatic N) is 2. The van der Waals surface area contributed by atoms with Crippen LogP contribution < -0.4 is 16.0 Å². The second-order valence-electron chi connectivity index (χ2n) is 4.82. The Labute approximate surface area is 139 Å². The molecule has 1 aromatic heterocycles. The first-order valence-electron chi connectivity index (χ1n) is 7.48. The summed E-state index contributed by atoms with van der Waals surface area (Å²) in [6.07, 6.45) is 0.0159. The number of aliphatic hydroxyl groups excluding tert-OH is 1. The van der Waals surface area contributed by atoms with E-state index in [1.54, 1.807) is 12.1 Å². The molecule has 0 aliphatic carbocycles. The summed E-state index contributed by atoms with van der Waals surface area (Å²) in [5.74, 6) is 1.00. The molecule has 0 bridgehead atoms. The van der Waals surface area contributed by atoms with Crippen molar-refractivity contribution in [1.29, 1.82) is 0 Å². The first-order chi connectivity index (χ1) is 11.1. The summed E-state index contributed by atoms with van der Waals surface area (Å²) in [6, 6.07) is 3.34. The molecule has 0 radical (unpaired) electrons. The molecule has 0 saturated heterocycles. The van der Waals surface area contributed by atoms with E-state index in [1.165, 1.54) is 0 Å². The third-order valence-electron chi connectivity index (χ3n) is 3.05. The summed E-state index contributed by atoms with van der Waals surface area (Å²) < 4.78 is 0. The topological polar surface area (TPSA) is 99.2 Å². The molecule has 1 aromatic carbocycles. The minimum absolute atomic E-state index is 0.0159. The van der Waals surface area contributed by atoms with E-state index in [9.17, 15) is 4.79 Å². The summed E-state index contributed by atoms with van der Waals surface area (Å²) in [6.45, 7) is 5.18. The van der Waals surface area contributed by atoms with Crippen molar-refractivity contribution in [3.8, 4) is 0 Å². The highest BCUT2D eigenvalue weighted by atomic mass is 35.5. The number of amides is 1. The fraction of sp³-hybridized carbons (Fsp3) is 0.400. The molecule has 1 heterocycles. The first kappa shape index (κ1) is 17.2. The van der Waals surface area contributed by atoms with Gasteiger partial charge in [0.25, 0.3) is 0 Å². The van der Waals surface area contributed by atoms with Gasteiger partial charge in [-0.15, -0.1) is 0 Å². The zero-order valence-corrected chi connectivity index (χ0v) is 13.9. The van der Waals surface area contributed by atoms with Crippen LogP contribution in [-0.2, 0) is 4.79 Å². The van der Waals surface area contributed by atoms with Crippen LogP contribution in [0, 0.1) is 0 Å². The Morgan fingerprint density at radius 3 is 2.22 bits per heavy atom. The molecule has 7 nitrogen and oxygen atoms in total. The minimum Gasteiger partial charge on any atom is -0.396 e. The summed E-state index contributed by atoms with van der Waals surface area (Å²) in [4.78, 5) is 20.7. The van der Waals surface area contributed by atoms with Crippen LogP contribution in [0.2, 0.25) is 5.02 Å². The summed E-state index contributed by atoms with van der Waals surface area (Å²) in [5.41, 5.74) is 1.70. The minimum atomic E-state index is -0.308. The second-order valence-corrected chi connectivity index (χ2v) is 5.23. The monoisotopic (exact) mass is 337 g/mol. The molecular formula is C15H20ClN5O2. The lowest BCUT2D eigenvalue weighted by atomic mass is 10.2. The molecule has 0 aliphatic rings. The summed E-state index contributed by atoms with van der Waals surface area (Å²) in [5, 5.41) is 18.2. The number of anilines is 3. The molecule has 0 fully saturated rings. The zero-order valence-electron chi connectivity index (χ0n) is 13.1. The lowest BCUT2D eigenvalue weighted by Crippen LogP contribution is -2.13. The molecular weight excluding hydrogens is 318 g/mol. The van der Waals surface area contributed by atoms with Gasteiger partial charge in [0.1, 0.15) is 0 Å². The lowest BCUT2D eigenvalue weighted by Gasteiger charge is -2.13. The number of aliphatic hydroxyl groups is 1. The highest BCUT2D eigenvalue weighted by molar-refractivity contribution is 6.34. The number of benzene rings is 1. The number of nitrogens with one attached hydrogen (secondary N) is 3. The van der Waals surface area contributed by atoms with Crippen molar-refractivity contribution in [3.63, 3.8) is 0 Å². The summed E-state index contributed by atoms with van der Waals surface area (Å²) in [7, 11) is 0. The Kier molecular flexibility index (Phi) is 5.95. The first-order valence-corrected chi connectivity index (χ1v) is 7.86. The van der Waals surface area contributed by atoms with Gasteiger partial charge in [-0.05, 0) is 26.0 Å². The van der Waals surface area contributed by atoms with Gasteiger partial charge < -0.3 is 21.1 Å². The Morgan fingerprint density at radius 1 is 1.13 bits per heavy atom. The molecule has 0 atom stereocenters. The highest BCUT2D eigenvalue weighted by Gasteiger charge is 2.12. The highest BCUT2D eigenvalue weighted by Crippen LogP contribution is 2.29. The zero-order chi connectivity index (χ0) is 16.8. The van der Waals surface area contributed by atoms with Gasteiger partial charge in [0.2, 0.25) is 5.91 Å². The number of halogens is 1. The lowest BCUT2D eigenvalue weighted by molar-refractivity contribution is -0.116. The molecule has 0 spiro atoms. The Hall–Kier alpha value is -2.12. The van der Waals surface area contributed by atoms with Crippen LogP contribution in [0.3, 0.4) is 0 Å². The van der Waals surface area contributed by atoms with Crippen LogP contribution in [0.5, 0.6) is 0 Å². The number of aromatic nitrogens is 2. The number of hydrogen-bond acceptors (Lipinski definition) is 6. The largest absolute Gasteiger partial charge is 0.396 e. The third-order valence-corrected chi connectivity index (χ3v) is 3.37. The molecule has 1 amide bonds. The summed E-state index contributed by atoms with van der Waals surface area (Å²) >= 11 is 6.20. The molecule has 2 aromatic rings. The number of carbonyl (C=O) groups excluding carboxylic acids is 1. The van der Waals surface area contributed by atoms with Crippen molar-refractivity contribution in [2.45, 2.75) is 20.3 Å². The Morgan fingerprint density at radius 2 is 1.70 bits per heavy atom. The third kappa shape index (κ3) is 4.20. The van der Waals surface area contributed by atoms with Crippen LogP contribution >= 0.6 is 11.6 Å². The van der Waals surface area contributed by atoms with E-state index in [4.69, 9.17) is 16.7 Å². The van der Waals surface area contributed by atoms with Crippen molar-refractivity contribution in [2.75, 3.05) is 35.6 Å². The quantitative estimate of drug-likeness (QED) is 0.619. The molecule has 2 rings (SSSR count). The van der Waals surface area contributed by atoms with Gasteiger partial charge in [-0.25, -0.2) is 9.97 Å². The normalized spacial score (nSPS) is 10.6. The molecule has 8 heteroatoms. The number of hydrogen-bond donors (Lipinski definition) is 4. The molecule has 0 aliphatic heterocycles. The van der Waals surface area contributed by atoms with Gasteiger partial charge in [0, 0.05) is 13.1 Å². The standard InChI is InChI=1S/C15H20ClN5O2/c1-3-17-14-15(18-4-2)21-12-8-10(19-13(23)5-6-22)9(16)7-11(12)20-14/h7-8,22H,3-6H2,1-2H3,(H,17,20)(H,18,21)(H,19,23). The van der Waals surface area contributed by atoms with E-state index in [-0.39, 0.29) is 18.9 Å². The van der Waals surface area contributed by atoms with Crippen molar-refractivity contribution in [2.24, 2.45) is 0 Å². The molecule has 23 heavy (non-hydrogen) atoms. The van der Waals surface area contributed by atoms with E-state index >= 15 is 0 Å². The van der Waals surface area contributed by atoms with Gasteiger partial charge in [0.05, 0.1) is 34.8 Å². The van der Waals surface area contributed by atoms with E-state index in [1.807, 2.05) is 13.8 Å². The van der Waals surface area contributed by atoms with Crippen LogP contribution in [-0.4, -0.2) is 40.7 Å². The van der Waals surface area contributed by atoms with Gasteiger partial charge >= 0.3 is 0 Å². The van der Waals surface area contributed by atoms with Crippen LogP contribution in [0.1, 0.15) is 20.3 Å². The maximum Gasteiger partial charge on any atom is 0.226 e. The van der Waals surface area contributed by atoms with Gasteiger partial charge in [-0.2, -0.15) is 0 Å². The van der Waals surface area contributed by atoms with Gasteiger partial charge in [-0.3, -0.25) is 4.79 Å². The number of rotatable bonds is 7. The van der Waals surface area contributed by atoms with Crippen LogP contribution in [0.4, 0.5) is 17.3 Å². The number of fused-ring (bicyclic) bond motifs is 1. The Balaban J connectivity index is 2.44. The maximum absolute atomic E-state index is 11.6. The average Bonchev–Trinajstić information content (AvgIpc) is 2.50. The van der Waals surface area contributed by atoms with Crippen molar-refractivity contribution < 1.29 is 9.90 Å². The Bertz CT molecular complexity index is 708. The average molecular weight is 338 g/mol. The van der Waals surface area contributed by atoms with E-state index in [2.05, 4.69) is 25.9 Å². The SMILES string of the molecule is CCNc1nc2cc(Cl)c(NC(=O)CCO)cc2nc1NCC. The molecule has 124 valence electrons. The fourth-order valence-electron chi connectivity index (χ4n) is 2.07. The number of carbonyl (C=O) groups is 1. The predicted molar refractivity (Wildman–Crippen MR) is 93.2 cm³/mol. The second kappa shape index (κ2) is 7.94. The van der Waals surface area contributed by atoms with Crippen molar-refractivity contribution >= 4 is 45.9 Å². The molecule has 0 saturated carbocycles. The smallest absolute Gasteiger partial charge is 0.226 e. The van der Waals surface area contributed by atoms with Gasteiger partial charge in [0.15, 0.2) is 11.6 Å². The van der Waals surface area contributed by atoms with Gasteiger partial charge in [-0.1, -0.05) is 11.6 Å². The fourth-order valence-corrected chi connectivity index (χ4v) is 2.27.